The predicted molar refractivity (Wildman–Crippen MR) is 71.0 cm³/mol. The van der Waals surface area contributed by atoms with Crippen LogP contribution >= 0.6 is 11.6 Å². The Hall–Kier alpha value is -2.41. The summed E-state index contributed by atoms with van der Waals surface area (Å²) in [6.45, 7) is 0.0399. The van der Waals surface area contributed by atoms with Gasteiger partial charge < -0.3 is 9.47 Å². The van der Waals surface area contributed by atoms with E-state index in [1.54, 1.807) is 12.1 Å². The van der Waals surface area contributed by atoms with E-state index in [9.17, 15) is 10.1 Å². The molecular weight excluding hydrogens is 286 g/mol. The quantitative estimate of drug-likeness (QED) is 0.622. The fourth-order valence-corrected chi connectivity index (χ4v) is 1.56. The Morgan fingerprint density at radius 2 is 2.10 bits per heavy atom. The van der Waals surface area contributed by atoms with Crippen molar-refractivity contribution in [2.45, 2.75) is 6.61 Å². The summed E-state index contributed by atoms with van der Waals surface area (Å²) in [6, 6.07) is 7.45. The lowest BCUT2D eigenvalue weighted by Gasteiger charge is -2.07. The van der Waals surface area contributed by atoms with E-state index >= 15 is 0 Å². The molecule has 0 aliphatic rings. The van der Waals surface area contributed by atoms with E-state index in [4.69, 9.17) is 21.1 Å². The minimum atomic E-state index is -0.525. The summed E-state index contributed by atoms with van der Waals surface area (Å²) in [6.07, 6.45) is 0. The number of rotatable bonds is 5. The molecule has 0 aliphatic heterocycles. The molecule has 0 saturated carbocycles. The number of methoxy groups -OCH3 is 1. The van der Waals surface area contributed by atoms with Crippen molar-refractivity contribution in [3.05, 3.63) is 51.3 Å². The number of halogens is 1. The van der Waals surface area contributed by atoms with Crippen molar-refractivity contribution < 1.29 is 14.4 Å². The third-order valence-electron chi connectivity index (χ3n) is 2.43. The summed E-state index contributed by atoms with van der Waals surface area (Å²) < 4.78 is 10.4. The van der Waals surface area contributed by atoms with Crippen LogP contribution in [0.15, 0.2) is 30.3 Å². The second-order valence-electron chi connectivity index (χ2n) is 3.73. The van der Waals surface area contributed by atoms with Crippen molar-refractivity contribution in [2.75, 3.05) is 7.11 Å². The molecule has 0 fully saturated rings. The molecule has 7 nitrogen and oxygen atoms in total. The molecule has 0 bridgehead atoms. The van der Waals surface area contributed by atoms with Crippen LogP contribution in [0.3, 0.4) is 0 Å². The minimum absolute atomic E-state index is 0.0399. The standard InChI is InChI=1S/C12H10ClN3O4/c1-19-9-3-4-10(16(17)18)11(6-9)20-7-8-2-5-12(13)15-14-8/h2-6H,7H2,1H3. The molecule has 2 aromatic rings. The molecule has 20 heavy (non-hydrogen) atoms. The molecule has 8 heteroatoms. The highest BCUT2D eigenvalue weighted by Gasteiger charge is 2.16. The van der Waals surface area contributed by atoms with Gasteiger partial charge in [-0.25, -0.2) is 0 Å². The number of ether oxygens (including phenoxy) is 2. The maximum absolute atomic E-state index is 10.9. The molecule has 2 rings (SSSR count). The number of nitrogens with zero attached hydrogens (tertiary/aromatic N) is 3. The van der Waals surface area contributed by atoms with Gasteiger partial charge in [0.15, 0.2) is 5.15 Å². The largest absolute Gasteiger partial charge is 0.497 e. The lowest BCUT2D eigenvalue weighted by molar-refractivity contribution is -0.386. The number of hydrogen-bond acceptors (Lipinski definition) is 6. The van der Waals surface area contributed by atoms with Gasteiger partial charge in [-0.2, -0.15) is 5.10 Å². The third kappa shape index (κ3) is 3.33. The molecule has 0 radical (unpaired) electrons. The van der Waals surface area contributed by atoms with Gasteiger partial charge in [0, 0.05) is 12.1 Å². The molecule has 1 heterocycles. The van der Waals surface area contributed by atoms with Gasteiger partial charge in [-0.05, 0) is 18.2 Å². The first-order valence-electron chi connectivity index (χ1n) is 5.53. The van der Waals surface area contributed by atoms with Crippen LogP contribution in [0.25, 0.3) is 0 Å². The summed E-state index contributed by atoms with van der Waals surface area (Å²) >= 11 is 5.61. The maximum atomic E-state index is 10.9. The van der Waals surface area contributed by atoms with E-state index in [0.29, 0.717) is 11.4 Å². The average molecular weight is 296 g/mol. The summed E-state index contributed by atoms with van der Waals surface area (Å²) in [5, 5.41) is 18.6. The highest BCUT2D eigenvalue weighted by molar-refractivity contribution is 6.29. The zero-order valence-corrected chi connectivity index (χ0v) is 11.2. The molecule has 1 aromatic carbocycles. The van der Waals surface area contributed by atoms with Gasteiger partial charge in [-0.3, -0.25) is 10.1 Å². The number of nitro groups is 1. The highest BCUT2D eigenvalue weighted by Crippen LogP contribution is 2.31. The third-order valence-corrected chi connectivity index (χ3v) is 2.63. The average Bonchev–Trinajstić information content (AvgIpc) is 2.46. The molecular formula is C12H10ClN3O4. The SMILES string of the molecule is COc1ccc([N+](=O)[O-])c(OCc2ccc(Cl)nn2)c1. The monoisotopic (exact) mass is 295 g/mol. The van der Waals surface area contributed by atoms with E-state index in [0.717, 1.165) is 0 Å². The number of aromatic nitrogens is 2. The highest BCUT2D eigenvalue weighted by atomic mass is 35.5. The van der Waals surface area contributed by atoms with Crippen LogP contribution in [0.1, 0.15) is 5.69 Å². The summed E-state index contributed by atoms with van der Waals surface area (Å²) in [4.78, 5) is 10.4. The first-order chi connectivity index (χ1) is 9.60. The van der Waals surface area contributed by atoms with Gasteiger partial charge in [-0.15, -0.1) is 5.10 Å². The Balaban J connectivity index is 2.18. The van der Waals surface area contributed by atoms with E-state index in [-0.39, 0.29) is 23.2 Å². The van der Waals surface area contributed by atoms with E-state index in [2.05, 4.69) is 10.2 Å². The fourth-order valence-electron chi connectivity index (χ4n) is 1.46. The van der Waals surface area contributed by atoms with Gasteiger partial charge in [0.25, 0.3) is 0 Å². The van der Waals surface area contributed by atoms with Crippen molar-refractivity contribution in [1.82, 2.24) is 10.2 Å². The van der Waals surface area contributed by atoms with E-state index in [1.807, 2.05) is 0 Å². The molecule has 0 saturated heterocycles. The lowest BCUT2D eigenvalue weighted by atomic mass is 10.3. The second kappa shape index (κ2) is 6.16. The van der Waals surface area contributed by atoms with Crippen LogP contribution < -0.4 is 9.47 Å². The fraction of sp³-hybridized carbons (Fsp3) is 0.167. The number of benzene rings is 1. The van der Waals surface area contributed by atoms with E-state index < -0.39 is 4.92 Å². The molecule has 104 valence electrons. The Morgan fingerprint density at radius 3 is 2.70 bits per heavy atom. The topological polar surface area (TPSA) is 87.4 Å². The summed E-state index contributed by atoms with van der Waals surface area (Å²) in [5.74, 6) is 0.568. The van der Waals surface area contributed by atoms with Crippen LogP contribution in [0.4, 0.5) is 5.69 Å². The van der Waals surface area contributed by atoms with Gasteiger partial charge in [0.1, 0.15) is 18.1 Å². The van der Waals surface area contributed by atoms with Crippen LogP contribution in [0.2, 0.25) is 5.15 Å². The molecule has 0 unspecified atom stereocenters. The Morgan fingerprint density at radius 1 is 1.30 bits per heavy atom. The van der Waals surface area contributed by atoms with Crippen molar-refractivity contribution >= 4 is 17.3 Å². The first-order valence-corrected chi connectivity index (χ1v) is 5.91. The van der Waals surface area contributed by atoms with Crippen LogP contribution in [-0.2, 0) is 6.61 Å². The van der Waals surface area contributed by atoms with Crippen LogP contribution in [0.5, 0.6) is 11.5 Å². The Bertz CT molecular complexity index is 619. The minimum Gasteiger partial charge on any atom is -0.497 e. The summed E-state index contributed by atoms with van der Waals surface area (Å²) in [7, 11) is 1.47. The van der Waals surface area contributed by atoms with Gasteiger partial charge >= 0.3 is 5.69 Å². The van der Waals surface area contributed by atoms with Gasteiger partial charge in [0.2, 0.25) is 5.75 Å². The van der Waals surface area contributed by atoms with Gasteiger partial charge in [0.05, 0.1) is 12.0 Å². The zero-order valence-electron chi connectivity index (χ0n) is 10.4. The molecule has 1 aromatic heterocycles. The van der Waals surface area contributed by atoms with E-state index in [1.165, 1.54) is 25.3 Å². The molecule has 0 N–H and O–H groups in total. The molecule has 0 aliphatic carbocycles. The molecule has 0 amide bonds. The first kappa shape index (κ1) is 14.0. The van der Waals surface area contributed by atoms with Crippen molar-refractivity contribution in [1.29, 1.82) is 0 Å². The Labute approximate surface area is 119 Å². The number of nitro benzene ring substituents is 1. The Kier molecular flexibility index (Phi) is 4.31. The van der Waals surface area contributed by atoms with Crippen molar-refractivity contribution in [2.24, 2.45) is 0 Å². The smallest absolute Gasteiger partial charge is 0.311 e. The van der Waals surface area contributed by atoms with Crippen molar-refractivity contribution in [3.63, 3.8) is 0 Å². The molecule has 0 spiro atoms. The van der Waals surface area contributed by atoms with Gasteiger partial charge in [-0.1, -0.05) is 11.6 Å². The van der Waals surface area contributed by atoms with Crippen molar-refractivity contribution in [3.8, 4) is 11.5 Å². The van der Waals surface area contributed by atoms with Crippen LogP contribution in [-0.4, -0.2) is 22.2 Å². The zero-order chi connectivity index (χ0) is 14.5. The molecule has 0 atom stereocenters. The summed E-state index contributed by atoms with van der Waals surface area (Å²) in [5.41, 5.74) is 0.360. The number of hydrogen-bond donors (Lipinski definition) is 0. The maximum Gasteiger partial charge on any atom is 0.311 e. The normalized spacial score (nSPS) is 10.1. The predicted octanol–water partition coefficient (Wildman–Crippen LogP) is 2.63. The lowest BCUT2D eigenvalue weighted by Crippen LogP contribution is -2.02. The second-order valence-corrected chi connectivity index (χ2v) is 4.11. The van der Waals surface area contributed by atoms with Crippen LogP contribution in [0, 0.1) is 10.1 Å².